The predicted octanol–water partition coefficient (Wildman–Crippen LogP) is 4.68. The van der Waals surface area contributed by atoms with E-state index in [1.165, 1.54) is 17.5 Å². The number of aliphatic hydroxyl groups is 1. The van der Waals surface area contributed by atoms with Crippen molar-refractivity contribution in [1.29, 1.82) is 0 Å². The molecule has 0 bridgehead atoms. The largest absolute Gasteiger partial charge is 0.385 e. The maximum atomic E-state index is 11.7. The van der Waals surface area contributed by atoms with Gasteiger partial charge in [-0.25, -0.2) is 0 Å². The van der Waals surface area contributed by atoms with E-state index in [1.807, 2.05) is 18.2 Å². The topological polar surface area (TPSA) is 23.5 Å². The predicted molar refractivity (Wildman–Crippen MR) is 99.9 cm³/mol. The molecule has 1 N–H and O–H groups in total. The van der Waals surface area contributed by atoms with Gasteiger partial charge in [0.2, 0.25) is 0 Å². The van der Waals surface area contributed by atoms with Crippen LogP contribution < -0.4 is 0 Å². The van der Waals surface area contributed by atoms with E-state index >= 15 is 0 Å². The first-order valence-corrected chi connectivity index (χ1v) is 9.04. The maximum Gasteiger partial charge on any atom is 0.0942 e. The average Bonchev–Trinajstić information content (AvgIpc) is 2.59. The summed E-state index contributed by atoms with van der Waals surface area (Å²) in [6.45, 7) is 2.18. The van der Waals surface area contributed by atoms with Crippen molar-refractivity contribution < 1.29 is 5.11 Å². The number of rotatable bonds is 4. The lowest BCUT2D eigenvalue weighted by molar-refractivity contribution is -0.0838. The van der Waals surface area contributed by atoms with Crippen molar-refractivity contribution in [2.45, 2.75) is 44.2 Å². The average molecular weight is 323 g/mol. The van der Waals surface area contributed by atoms with Gasteiger partial charge in [-0.15, -0.1) is 0 Å². The summed E-state index contributed by atoms with van der Waals surface area (Å²) in [6, 6.07) is 19.1. The summed E-state index contributed by atoms with van der Waals surface area (Å²) in [5.74, 6) is 0.199. The van der Waals surface area contributed by atoms with Crippen LogP contribution in [0.25, 0.3) is 0 Å². The van der Waals surface area contributed by atoms with Crippen LogP contribution in [0.5, 0.6) is 0 Å². The molecule has 0 aromatic heterocycles. The van der Waals surface area contributed by atoms with Crippen LogP contribution in [0.1, 0.15) is 48.4 Å². The molecule has 2 nitrogen and oxygen atoms in total. The van der Waals surface area contributed by atoms with Gasteiger partial charge < -0.3 is 10.0 Å². The number of nitrogens with zero attached hydrogens (tertiary/aromatic N) is 1. The first-order valence-electron chi connectivity index (χ1n) is 9.04. The molecule has 2 aromatic carbocycles. The highest BCUT2D eigenvalue weighted by Gasteiger charge is 2.45. The first kappa shape index (κ1) is 17.2. The molecule has 3 rings (SSSR count). The van der Waals surface area contributed by atoms with Crippen LogP contribution in [0, 0.1) is 12.8 Å². The fraction of sp³-hybridized carbons (Fsp3) is 0.455. The van der Waals surface area contributed by atoms with Crippen molar-refractivity contribution in [1.82, 2.24) is 4.90 Å². The Labute approximate surface area is 146 Å². The molecule has 3 unspecified atom stereocenters. The monoisotopic (exact) mass is 323 g/mol. The lowest BCUT2D eigenvalue weighted by atomic mass is 9.66. The molecule has 0 amide bonds. The van der Waals surface area contributed by atoms with Gasteiger partial charge in [0.15, 0.2) is 0 Å². The lowest BCUT2D eigenvalue weighted by Gasteiger charge is -2.47. The molecule has 1 aliphatic rings. The second-order valence-corrected chi connectivity index (χ2v) is 7.41. The summed E-state index contributed by atoms with van der Waals surface area (Å²) in [4.78, 5) is 2.28. The van der Waals surface area contributed by atoms with E-state index in [0.717, 1.165) is 24.8 Å². The summed E-state index contributed by atoms with van der Waals surface area (Å²) in [5, 5.41) is 11.7. The molecule has 0 aliphatic heterocycles. The molecule has 128 valence electrons. The number of benzene rings is 2. The van der Waals surface area contributed by atoms with Gasteiger partial charge in [-0.2, -0.15) is 0 Å². The van der Waals surface area contributed by atoms with Gasteiger partial charge in [0.1, 0.15) is 0 Å². The molecule has 1 aliphatic carbocycles. The summed E-state index contributed by atoms with van der Waals surface area (Å²) in [6.07, 6.45) is 4.19. The standard InChI is InChI=1S/C22H29NO/c1-17-11-7-8-14-19(17)21(23(2)3)20-15-9-10-16-22(20,24)18-12-5-4-6-13-18/h4-8,11-14,20-21,24H,9-10,15-16H2,1-3H3. The molecule has 1 saturated carbocycles. The molecular weight excluding hydrogens is 294 g/mol. The van der Waals surface area contributed by atoms with E-state index in [0.29, 0.717) is 0 Å². The highest BCUT2D eigenvalue weighted by molar-refractivity contribution is 5.32. The summed E-state index contributed by atoms with van der Waals surface area (Å²) in [5.41, 5.74) is 2.95. The van der Waals surface area contributed by atoms with Crippen molar-refractivity contribution in [3.8, 4) is 0 Å². The fourth-order valence-corrected chi connectivity index (χ4v) is 4.46. The van der Waals surface area contributed by atoms with Gasteiger partial charge in [-0.1, -0.05) is 67.4 Å². The van der Waals surface area contributed by atoms with Crippen molar-refractivity contribution in [2.24, 2.45) is 5.92 Å². The minimum atomic E-state index is -0.753. The Morgan fingerprint density at radius 2 is 1.67 bits per heavy atom. The molecule has 3 atom stereocenters. The van der Waals surface area contributed by atoms with Crippen LogP contribution in [0.3, 0.4) is 0 Å². The maximum absolute atomic E-state index is 11.7. The first-order chi connectivity index (χ1) is 11.5. The van der Waals surface area contributed by atoms with Crippen molar-refractivity contribution in [2.75, 3.05) is 14.1 Å². The van der Waals surface area contributed by atoms with Crippen LogP contribution in [0.4, 0.5) is 0 Å². The Morgan fingerprint density at radius 3 is 2.33 bits per heavy atom. The van der Waals surface area contributed by atoms with Gasteiger partial charge in [-0.05, 0) is 50.6 Å². The third-order valence-corrected chi connectivity index (χ3v) is 5.65. The van der Waals surface area contributed by atoms with Crippen LogP contribution in [-0.2, 0) is 5.60 Å². The van der Waals surface area contributed by atoms with Crippen LogP contribution in [-0.4, -0.2) is 24.1 Å². The van der Waals surface area contributed by atoms with E-state index in [-0.39, 0.29) is 12.0 Å². The Hall–Kier alpha value is -1.64. The molecule has 0 spiro atoms. The zero-order chi connectivity index (χ0) is 17.2. The number of hydrogen-bond acceptors (Lipinski definition) is 2. The normalized spacial score (nSPS) is 25.6. The third-order valence-electron chi connectivity index (χ3n) is 5.65. The quantitative estimate of drug-likeness (QED) is 0.883. The Balaban J connectivity index is 2.07. The molecule has 24 heavy (non-hydrogen) atoms. The minimum Gasteiger partial charge on any atom is -0.385 e. The van der Waals surface area contributed by atoms with E-state index in [1.54, 1.807) is 0 Å². The minimum absolute atomic E-state index is 0.199. The zero-order valence-corrected chi connectivity index (χ0v) is 15.1. The molecule has 2 aromatic rings. The van der Waals surface area contributed by atoms with Gasteiger partial charge in [0, 0.05) is 12.0 Å². The second-order valence-electron chi connectivity index (χ2n) is 7.41. The Bertz CT molecular complexity index is 667. The molecule has 2 heteroatoms. The molecule has 0 saturated heterocycles. The number of aryl methyl sites for hydroxylation is 1. The zero-order valence-electron chi connectivity index (χ0n) is 15.1. The van der Waals surface area contributed by atoms with Crippen molar-refractivity contribution in [3.05, 3.63) is 71.3 Å². The highest BCUT2D eigenvalue weighted by atomic mass is 16.3. The SMILES string of the molecule is Cc1ccccc1C(C1CCCCC1(O)c1ccccc1)N(C)C. The van der Waals surface area contributed by atoms with Crippen LogP contribution >= 0.6 is 0 Å². The van der Waals surface area contributed by atoms with Crippen molar-refractivity contribution in [3.63, 3.8) is 0 Å². The fourth-order valence-electron chi connectivity index (χ4n) is 4.46. The molecule has 0 heterocycles. The summed E-state index contributed by atoms with van der Waals surface area (Å²) >= 11 is 0. The van der Waals surface area contributed by atoms with Gasteiger partial charge in [-0.3, -0.25) is 0 Å². The molecule has 0 radical (unpaired) electrons. The second kappa shape index (κ2) is 7.08. The summed E-state index contributed by atoms with van der Waals surface area (Å²) < 4.78 is 0. The lowest BCUT2D eigenvalue weighted by Crippen LogP contribution is -2.45. The van der Waals surface area contributed by atoms with Crippen LogP contribution in [0.2, 0.25) is 0 Å². The smallest absolute Gasteiger partial charge is 0.0942 e. The molecule has 1 fully saturated rings. The highest BCUT2D eigenvalue weighted by Crippen LogP contribution is 2.49. The van der Waals surface area contributed by atoms with Crippen molar-refractivity contribution >= 4 is 0 Å². The summed E-state index contributed by atoms with van der Waals surface area (Å²) in [7, 11) is 4.27. The van der Waals surface area contributed by atoms with E-state index in [9.17, 15) is 5.11 Å². The van der Waals surface area contributed by atoms with Gasteiger partial charge >= 0.3 is 0 Å². The Morgan fingerprint density at radius 1 is 1.00 bits per heavy atom. The van der Waals surface area contributed by atoms with E-state index in [2.05, 4.69) is 62.3 Å². The molecular formula is C22H29NO. The van der Waals surface area contributed by atoms with Gasteiger partial charge in [0.05, 0.1) is 5.60 Å². The van der Waals surface area contributed by atoms with Crippen LogP contribution in [0.15, 0.2) is 54.6 Å². The Kier molecular flexibility index (Phi) is 5.07. The van der Waals surface area contributed by atoms with E-state index in [4.69, 9.17) is 0 Å². The number of hydrogen-bond donors (Lipinski definition) is 1. The van der Waals surface area contributed by atoms with E-state index < -0.39 is 5.60 Å². The van der Waals surface area contributed by atoms with Gasteiger partial charge in [0.25, 0.3) is 0 Å². The third kappa shape index (κ3) is 3.13.